The molecule has 1 atom stereocenters. The van der Waals surface area contributed by atoms with Crippen LogP contribution in [0.3, 0.4) is 0 Å². The van der Waals surface area contributed by atoms with Crippen molar-refractivity contribution in [1.29, 1.82) is 0 Å². The third kappa shape index (κ3) is 3.67. The molecule has 0 aromatic heterocycles. The van der Waals surface area contributed by atoms with Gasteiger partial charge >= 0.3 is 0 Å². The average Bonchev–Trinajstić information content (AvgIpc) is 3.12. The summed E-state index contributed by atoms with van der Waals surface area (Å²) in [5, 5.41) is 0. The summed E-state index contributed by atoms with van der Waals surface area (Å²) >= 11 is 0. The highest BCUT2D eigenvalue weighted by Gasteiger charge is 2.52. The van der Waals surface area contributed by atoms with Gasteiger partial charge in [0.1, 0.15) is 0 Å². The predicted molar refractivity (Wildman–Crippen MR) is 105 cm³/mol. The molecule has 152 valence electrons. The number of benzene rings is 1. The zero-order valence-electron chi connectivity index (χ0n) is 16.7. The maximum atomic E-state index is 13.4. The van der Waals surface area contributed by atoms with Crippen LogP contribution in [-0.4, -0.2) is 74.2 Å². The van der Waals surface area contributed by atoms with E-state index in [1.807, 2.05) is 34.1 Å². The van der Waals surface area contributed by atoms with Crippen molar-refractivity contribution in [2.75, 3.05) is 52.6 Å². The topological polar surface area (TPSA) is 59.1 Å². The van der Waals surface area contributed by atoms with Crippen LogP contribution in [-0.2, 0) is 20.7 Å². The standard InChI is InChI=1S/C22H30N2O4/c1-2-17-3-5-18(6-4-17)20(25)24-15-19(21(26)23-9-13-28-14-10-23)22(16-24)7-11-27-12-8-22/h3-6,19H,2,7-16H2,1H3/t19-/m1/s1. The van der Waals surface area contributed by atoms with Crippen molar-refractivity contribution >= 4 is 11.8 Å². The Balaban J connectivity index is 1.55. The summed E-state index contributed by atoms with van der Waals surface area (Å²) < 4.78 is 11.0. The molecule has 3 fully saturated rings. The summed E-state index contributed by atoms with van der Waals surface area (Å²) in [7, 11) is 0. The highest BCUT2D eigenvalue weighted by Crippen LogP contribution is 2.45. The molecule has 3 aliphatic rings. The molecule has 6 nitrogen and oxygen atoms in total. The first-order chi connectivity index (χ1) is 13.6. The molecule has 0 saturated carbocycles. The number of ether oxygens (including phenoxy) is 2. The van der Waals surface area contributed by atoms with Crippen molar-refractivity contribution in [2.45, 2.75) is 26.2 Å². The van der Waals surface area contributed by atoms with E-state index in [4.69, 9.17) is 9.47 Å². The first-order valence-electron chi connectivity index (χ1n) is 10.5. The maximum Gasteiger partial charge on any atom is 0.253 e. The number of likely N-dealkylation sites (tertiary alicyclic amines) is 1. The Bertz CT molecular complexity index is 706. The molecule has 3 aliphatic heterocycles. The van der Waals surface area contributed by atoms with Gasteiger partial charge in [-0.05, 0) is 37.0 Å². The molecule has 4 rings (SSSR count). The zero-order chi connectivity index (χ0) is 19.6. The van der Waals surface area contributed by atoms with Gasteiger partial charge in [-0.25, -0.2) is 0 Å². The van der Waals surface area contributed by atoms with E-state index in [1.165, 1.54) is 5.56 Å². The van der Waals surface area contributed by atoms with Crippen LogP contribution in [0.15, 0.2) is 24.3 Å². The summed E-state index contributed by atoms with van der Waals surface area (Å²) in [6.07, 6.45) is 2.63. The molecule has 0 N–H and O–H groups in total. The van der Waals surface area contributed by atoms with Gasteiger partial charge in [0.05, 0.1) is 19.1 Å². The van der Waals surface area contributed by atoms with Crippen LogP contribution in [0.25, 0.3) is 0 Å². The molecule has 28 heavy (non-hydrogen) atoms. The van der Waals surface area contributed by atoms with Crippen molar-refractivity contribution in [3.05, 3.63) is 35.4 Å². The molecule has 0 aliphatic carbocycles. The van der Waals surface area contributed by atoms with E-state index in [-0.39, 0.29) is 23.1 Å². The summed E-state index contributed by atoms with van der Waals surface area (Å²) in [5.74, 6) is 0.0704. The number of nitrogens with zero attached hydrogens (tertiary/aromatic N) is 2. The second-order valence-electron chi connectivity index (χ2n) is 8.20. The lowest BCUT2D eigenvalue weighted by Crippen LogP contribution is -2.49. The quantitative estimate of drug-likeness (QED) is 0.797. The second kappa shape index (κ2) is 8.21. The van der Waals surface area contributed by atoms with Crippen LogP contribution in [0.1, 0.15) is 35.7 Å². The highest BCUT2D eigenvalue weighted by molar-refractivity contribution is 5.95. The third-order valence-electron chi connectivity index (χ3n) is 6.65. The van der Waals surface area contributed by atoms with E-state index >= 15 is 0 Å². The first-order valence-corrected chi connectivity index (χ1v) is 10.5. The third-order valence-corrected chi connectivity index (χ3v) is 6.65. The fourth-order valence-corrected chi connectivity index (χ4v) is 4.82. The Morgan fingerprint density at radius 2 is 1.64 bits per heavy atom. The van der Waals surface area contributed by atoms with Crippen LogP contribution in [0.5, 0.6) is 0 Å². The van der Waals surface area contributed by atoms with Crippen molar-refractivity contribution in [1.82, 2.24) is 9.80 Å². The van der Waals surface area contributed by atoms with Gasteiger partial charge < -0.3 is 19.3 Å². The molecule has 1 aromatic rings. The molecular formula is C22H30N2O4. The van der Waals surface area contributed by atoms with Gasteiger partial charge in [0.25, 0.3) is 5.91 Å². The fraction of sp³-hybridized carbons (Fsp3) is 0.636. The smallest absolute Gasteiger partial charge is 0.253 e. The van der Waals surface area contributed by atoms with E-state index in [0.29, 0.717) is 58.2 Å². The number of morpholine rings is 1. The highest BCUT2D eigenvalue weighted by atomic mass is 16.5. The van der Waals surface area contributed by atoms with E-state index < -0.39 is 0 Å². The molecular weight excluding hydrogens is 356 g/mol. The van der Waals surface area contributed by atoms with Gasteiger partial charge in [-0.2, -0.15) is 0 Å². The van der Waals surface area contributed by atoms with Crippen LogP contribution in [0.4, 0.5) is 0 Å². The van der Waals surface area contributed by atoms with Crippen molar-refractivity contribution in [3.63, 3.8) is 0 Å². The Kier molecular flexibility index (Phi) is 5.69. The number of hydrogen-bond donors (Lipinski definition) is 0. The Labute approximate surface area is 166 Å². The van der Waals surface area contributed by atoms with Crippen LogP contribution >= 0.6 is 0 Å². The molecule has 6 heteroatoms. The summed E-state index contributed by atoms with van der Waals surface area (Å²) in [6.45, 7) is 7.08. The van der Waals surface area contributed by atoms with Crippen molar-refractivity contribution in [3.8, 4) is 0 Å². The normalized spacial score (nSPS) is 24.5. The number of rotatable bonds is 3. The Hall–Kier alpha value is -1.92. The van der Waals surface area contributed by atoms with Gasteiger partial charge in [-0.1, -0.05) is 19.1 Å². The second-order valence-corrected chi connectivity index (χ2v) is 8.20. The minimum Gasteiger partial charge on any atom is -0.381 e. The van der Waals surface area contributed by atoms with Gasteiger partial charge in [0, 0.05) is 50.4 Å². The number of aryl methyl sites for hydroxylation is 1. The van der Waals surface area contributed by atoms with Gasteiger partial charge in [-0.3, -0.25) is 9.59 Å². The Morgan fingerprint density at radius 3 is 2.29 bits per heavy atom. The molecule has 3 heterocycles. The van der Waals surface area contributed by atoms with Gasteiger partial charge in [0.2, 0.25) is 5.91 Å². The van der Waals surface area contributed by atoms with Crippen LogP contribution in [0, 0.1) is 11.3 Å². The van der Waals surface area contributed by atoms with Crippen molar-refractivity contribution < 1.29 is 19.1 Å². The minimum absolute atomic E-state index is 0.0331. The van der Waals surface area contributed by atoms with E-state index in [1.54, 1.807) is 0 Å². The van der Waals surface area contributed by atoms with Crippen LogP contribution < -0.4 is 0 Å². The molecule has 1 spiro atoms. The summed E-state index contributed by atoms with van der Waals surface area (Å²) in [5.41, 5.74) is 1.77. The molecule has 0 unspecified atom stereocenters. The molecule has 0 radical (unpaired) electrons. The molecule has 2 amide bonds. The largest absolute Gasteiger partial charge is 0.381 e. The lowest BCUT2D eigenvalue weighted by Gasteiger charge is -2.39. The molecule has 0 bridgehead atoms. The lowest BCUT2D eigenvalue weighted by molar-refractivity contribution is -0.144. The number of amides is 2. The summed E-state index contributed by atoms with van der Waals surface area (Å²) in [6, 6.07) is 7.86. The fourth-order valence-electron chi connectivity index (χ4n) is 4.82. The van der Waals surface area contributed by atoms with Crippen LogP contribution in [0.2, 0.25) is 0 Å². The number of carbonyl (C=O) groups excluding carboxylic acids is 2. The monoisotopic (exact) mass is 386 g/mol. The minimum atomic E-state index is -0.160. The van der Waals surface area contributed by atoms with E-state index in [2.05, 4.69) is 6.92 Å². The number of carbonyl (C=O) groups is 2. The predicted octanol–water partition coefficient (Wildman–Crippen LogP) is 1.98. The lowest BCUT2D eigenvalue weighted by atomic mass is 9.71. The Morgan fingerprint density at radius 1 is 1.00 bits per heavy atom. The van der Waals surface area contributed by atoms with Gasteiger partial charge in [-0.15, -0.1) is 0 Å². The maximum absolute atomic E-state index is 13.4. The average molecular weight is 386 g/mol. The van der Waals surface area contributed by atoms with E-state index in [9.17, 15) is 9.59 Å². The first kappa shape index (κ1) is 19.4. The number of hydrogen-bond acceptors (Lipinski definition) is 4. The summed E-state index contributed by atoms with van der Waals surface area (Å²) in [4.78, 5) is 30.3. The van der Waals surface area contributed by atoms with Gasteiger partial charge in [0.15, 0.2) is 0 Å². The van der Waals surface area contributed by atoms with Crippen molar-refractivity contribution in [2.24, 2.45) is 11.3 Å². The zero-order valence-corrected chi connectivity index (χ0v) is 16.7. The van der Waals surface area contributed by atoms with E-state index in [0.717, 1.165) is 19.3 Å². The molecule has 1 aromatic carbocycles. The molecule has 3 saturated heterocycles. The SMILES string of the molecule is CCc1ccc(C(=O)N2C[C@H](C(=O)N3CCOCC3)C3(CCOCC3)C2)cc1.